The molecule has 3 aromatic carbocycles. The van der Waals surface area contributed by atoms with Gasteiger partial charge >= 0.3 is 5.56 Å². The standard InChI is InChI=1S/C17H10N3O/c21-17-12-7-3-5-11-6-4-10-15(16(11)12)20-18-13-8-1-2-9-14(13)19(17)20/h1-10H/q+1. The van der Waals surface area contributed by atoms with Gasteiger partial charge in [-0.25, -0.2) is 4.79 Å². The number of hydrogen-bond donors (Lipinski definition) is 0. The third kappa shape index (κ3) is 1.22. The zero-order valence-electron chi connectivity index (χ0n) is 11.0. The third-order valence-corrected chi connectivity index (χ3v) is 4.02. The maximum absolute atomic E-state index is 12.9. The maximum atomic E-state index is 12.9. The number of rotatable bonds is 0. The summed E-state index contributed by atoms with van der Waals surface area (Å²) >= 11 is 0. The summed E-state index contributed by atoms with van der Waals surface area (Å²) in [4.78, 5) is 12.9. The highest BCUT2D eigenvalue weighted by Gasteiger charge is 2.21. The van der Waals surface area contributed by atoms with E-state index in [4.69, 9.17) is 0 Å². The lowest BCUT2D eigenvalue weighted by Gasteiger charge is -2.02. The lowest BCUT2D eigenvalue weighted by Crippen LogP contribution is -2.45. The van der Waals surface area contributed by atoms with Crippen LogP contribution in [0.5, 0.6) is 0 Å². The number of nitrogens with zero attached hydrogens (tertiary/aromatic N) is 3. The molecular weight excluding hydrogens is 262 g/mol. The number of aromatic nitrogens is 3. The summed E-state index contributed by atoms with van der Waals surface area (Å²) in [5.74, 6) is 0. The van der Waals surface area contributed by atoms with Crippen LogP contribution < -0.4 is 10.1 Å². The molecule has 0 bridgehead atoms. The Kier molecular flexibility index (Phi) is 1.81. The molecule has 0 saturated heterocycles. The molecule has 4 heteroatoms. The van der Waals surface area contributed by atoms with Gasteiger partial charge in [-0.3, -0.25) is 0 Å². The first-order chi connectivity index (χ1) is 10.3. The second kappa shape index (κ2) is 3.55. The highest BCUT2D eigenvalue weighted by molar-refractivity contribution is 6.07. The van der Waals surface area contributed by atoms with Gasteiger partial charge in [-0.1, -0.05) is 40.9 Å². The lowest BCUT2D eigenvalue weighted by molar-refractivity contribution is -0.607. The molecule has 0 fully saturated rings. The maximum Gasteiger partial charge on any atom is 0.365 e. The van der Waals surface area contributed by atoms with Gasteiger partial charge in [-0.05, 0) is 34.3 Å². The Balaban J connectivity index is 2.27. The molecule has 0 aliphatic heterocycles. The molecule has 98 valence electrons. The van der Waals surface area contributed by atoms with Gasteiger partial charge in [0.15, 0.2) is 0 Å². The molecule has 0 saturated carbocycles. The Morgan fingerprint density at radius 1 is 0.905 bits per heavy atom. The van der Waals surface area contributed by atoms with Gasteiger partial charge in [0.1, 0.15) is 5.52 Å². The summed E-state index contributed by atoms with van der Waals surface area (Å²) in [6.07, 6.45) is 0. The van der Waals surface area contributed by atoms with Crippen LogP contribution in [0, 0.1) is 0 Å². The van der Waals surface area contributed by atoms with Crippen molar-refractivity contribution in [2.75, 3.05) is 0 Å². The predicted octanol–water partition coefficient (Wildman–Crippen LogP) is 2.18. The summed E-state index contributed by atoms with van der Waals surface area (Å²) < 4.78 is 3.36. The summed E-state index contributed by atoms with van der Waals surface area (Å²) in [5, 5.41) is 7.34. The molecule has 4 nitrogen and oxygen atoms in total. The van der Waals surface area contributed by atoms with E-state index < -0.39 is 0 Å². The smallest absolute Gasteiger partial charge is 0.238 e. The predicted molar refractivity (Wildman–Crippen MR) is 80.8 cm³/mol. The number of hydrogen-bond acceptors (Lipinski definition) is 2. The van der Waals surface area contributed by atoms with Crippen LogP contribution in [-0.2, 0) is 0 Å². The molecule has 5 aromatic rings. The fraction of sp³-hybridized carbons (Fsp3) is 0. The Bertz CT molecular complexity index is 1200. The minimum Gasteiger partial charge on any atom is -0.238 e. The molecule has 0 aliphatic carbocycles. The average molecular weight is 272 g/mol. The van der Waals surface area contributed by atoms with Gasteiger partial charge in [0, 0.05) is 5.39 Å². The fourth-order valence-corrected chi connectivity index (χ4v) is 3.11. The van der Waals surface area contributed by atoms with Gasteiger partial charge in [0.25, 0.3) is 0 Å². The van der Waals surface area contributed by atoms with E-state index in [-0.39, 0.29) is 5.56 Å². The van der Waals surface area contributed by atoms with Crippen LogP contribution in [0.1, 0.15) is 0 Å². The molecule has 0 N–H and O–H groups in total. The summed E-state index contributed by atoms with van der Waals surface area (Å²) in [6, 6.07) is 19.5. The van der Waals surface area contributed by atoms with Gasteiger partial charge in [0.2, 0.25) is 11.0 Å². The molecule has 0 atom stereocenters. The quantitative estimate of drug-likeness (QED) is 0.405. The number of para-hydroxylation sites is 1. The fourth-order valence-electron chi connectivity index (χ4n) is 3.11. The van der Waals surface area contributed by atoms with E-state index in [0.717, 1.165) is 32.7 Å². The van der Waals surface area contributed by atoms with Crippen molar-refractivity contribution in [3.63, 3.8) is 0 Å². The van der Waals surface area contributed by atoms with Crippen LogP contribution in [0.4, 0.5) is 0 Å². The van der Waals surface area contributed by atoms with Crippen LogP contribution in [0.25, 0.3) is 32.7 Å². The van der Waals surface area contributed by atoms with Gasteiger partial charge < -0.3 is 0 Å². The van der Waals surface area contributed by atoms with Gasteiger partial charge in [0.05, 0.1) is 10.5 Å². The van der Waals surface area contributed by atoms with Gasteiger partial charge in [-0.2, -0.15) is 0 Å². The third-order valence-electron chi connectivity index (χ3n) is 4.02. The van der Waals surface area contributed by atoms with Crippen molar-refractivity contribution in [3.8, 4) is 0 Å². The van der Waals surface area contributed by atoms with Crippen LogP contribution >= 0.6 is 0 Å². The SMILES string of the molecule is O=c1c2cccc3cccc(c32)n2nc3ccccc3[n+]12. The van der Waals surface area contributed by atoms with E-state index in [2.05, 4.69) is 5.10 Å². The van der Waals surface area contributed by atoms with Crippen molar-refractivity contribution < 1.29 is 4.52 Å². The molecule has 0 amide bonds. The first kappa shape index (κ1) is 10.7. The summed E-state index contributed by atoms with van der Waals surface area (Å²) in [5.41, 5.74) is 2.55. The van der Waals surface area contributed by atoms with Crippen molar-refractivity contribution in [2.24, 2.45) is 0 Å². The second-order valence-electron chi connectivity index (χ2n) is 5.18. The first-order valence-corrected chi connectivity index (χ1v) is 6.81. The van der Waals surface area contributed by atoms with E-state index in [1.54, 1.807) is 9.15 Å². The summed E-state index contributed by atoms with van der Waals surface area (Å²) in [6.45, 7) is 0. The Morgan fingerprint density at radius 2 is 1.71 bits per heavy atom. The normalized spacial score (nSPS) is 12.0. The molecule has 0 unspecified atom stereocenters. The zero-order chi connectivity index (χ0) is 14.0. The highest BCUT2D eigenvalue weighted by atomic mass is 16.1. The van der Waals surface area contributed by atoms with E-state index in [1.807, 2.05) is 60.7 Å². The monoisotopic (exact) mass is 272 g/mol. The molecule has 2 aromatic heterocycles. The molecule has 2 heterocycles. The largest absolute Gasteiger partial charge is 0.365 e. The van der Waals surface area contributed by atoms with Crippen LogP contribution in [0.15, 0.2) is 65.5 Å². The Labute approximate surface area is 118 Å². The molecule has 5 rings (SSSR count). The molecule has 0 radical (unpaired) electrons. The van der Waals surface area contributed by atoms with Gasteiger partial charge in [-0.15, -0.1) is 0 Å². The minimum atomic E-state index is -0.0343. The van der Waals surface area contributed by atoms with Crippen molar-refractivity contribution in [2.45, 2.75) is 0 Å². The van der Waals surface area contributed by atoms with Crippen molar-refractivity contribution in [3.05, 3.63) is 71.0 Å². The number of fused-ring (bicyclic) bond motifs is 4. The topological polar surface area (TPSA) is 38.5 Å². The second-order valence-corrected chi connectivity index (χ2v) is 5.18. The van der Waals surface area contributed by atoms with E-state index >= 15 is 0 Å². The van der Waals surface area contributed by atoms with Crippen LogP contribution in [0.3, 0.4) is 0 Å². The zero-order valence-corrected chi connectivity index (χ0v) is 11.0. The Hall–Kier alpha value is -3.01. The van der Waals surface area contributed by atoms with Crippen LogP contribution in [0.2, 0.25) is 0 Å². The summed E-state index contributed by atoms with van der Waals surface area (Å²) in [7, 11) is 0. The molecule has 0 aliphatic rings. The van der Waals surface area contributed by atoms with E-state index in [1.165, 1.54) is 0 Å². The first-order valence-electron chi connectivity index (χ1n) is 6.81. The van der Waals surface area contributed by atoms with E-state index in [9.17, 15) is 4.79 Å². The number of benzene rings is 3. The molecule has 21 heavy (non-hydrogen) atoms. The molecular formula is C17H10N3O+. The lowest BCUT2D eigenvalue weighted by atomic mass is 10.1. The van der Waals surface area contributed by atoms with Crippen LogP contribution in [-0.4, -0.2) is 9.73 Å². The average Bonchev–Trinajstić information content (AvgIpc) is 2.92. The van der Waals surface area contributed by atoms with Crippen molar-refractivity contribution in [1.82, 2.24) is 9.73 Å². The molecule has 0 spiro atoms. The minimum absolute atomic E-state index is 0.0343. The van der Waals surface area contributed by atoms with Crippen molar-refractivity contribution >= 4 is 32.7 Å². The Morgan fingerprint density at radius 3 is 2.62 bits per heavy atom. The van der Waals surface area contributed by atoms with E-state index in [0.29, 0.717) is 0 Å². The van der Waals surface area contributed by atoms with Crippen molar-refractivity contribution in [1.29, 1.82) is 0 Å². The highest BCUT2D eigenvalue weighted by Crippen LogP contribution is 2.23.